The highest BCUT2D eigenvalue weighted by Crippen LogP contribution is 2.19. The van der Waals surface area contributed by atoms with Crippen molar-refractivity contribution in [2.24, 2.45) is 5.92 Å². The molecule has 0 aliphatic carbocycles. The van der Waals surface area contributed by atoms with Crippen molar-refractivity contribution >= 4 is 28.7 Å². The van der Waals surface area contributed by atoms with E-state index in [2.05, 4.69) is 15.6 Å². The summed E-state index contributed by atoms with van der Waals surface area (Å²) in [4.78, 5) is 40.5. The number of nitrogens with one attached hydrogen (secondary N) is 3. The summed E-state index contributed by atoms with van der Waals surface area (Å²) in [7, 11) is 0. The molecule has 4 N–H and O–H groups in total. The largest absolute Gasteiger partial charge is 0.480 e. The zero-order valence-corrected chi connectivity index (χ0v) is 18.3. The maximum Gasteiger partial charge on any atom is 0.326 e. The summed E-state index contributed by atoms with van der Waals surface area (Å²) >= 11 is 0. The fourth-order valence-electron chi connectivity index (χ4n) is 3.72. The van der Waals surface area contributed by atoms with E-state index in [0.717, 1.165) is 22.0 Å². The van der Waals surface area contributed by atoms with Gasteiger partial charge in [0, 0.05) is 23.5 Å². The fourth-order valence-corrected chi connectivity index (χ4v) is 3.72. The van der Waals surface area contributed by atoms with Gasteiger partial charge < -0.3 is 20.7 Å². The number of aliphatic carboxylic acids is 1. The van der Waals surface area contributed by atoms with Crippen molar-refractivity contribution in [3.8, 4) is 0 Å². The standard InChI is InChI=1S/C25H29N3O4/c1-16(2)12-21(27-23(29)13-17-8-4-3-5-9-17)24(30)28-22(25(31)32)14-18-15-26-20-11-7-6-10-19(18)20/h3-11,15-16,21-22,26H,12-14H2,1-2H3,(H,27,29)(H,28,30)(H,31,32)/t21-,22+/m0/s1. The molecule has 2 amide bonds. The molecule has 32 heavy (non-hydrogen) atoms. The Morgan fingerprint density at radius 3 is 2.31 bits per heavy atom. The van der Waals surface area contributed by atoms with Crippen LogP contribution in [-0.4, -0.2) is 40.0 Å². The molecule has 0 saturated carbocycles. The van der Waals surface area contributed by atoms with Crippen LogP contribution in [-0.2, 0) is 27.2 Å². The Hall–Kier alpha value is -3.61. The van der Waals surface area contributed by atoms with Crippen LogP contribution in [0.2, 0.25) is 0 Å². The quantitative estimate of drug-likeness (QED) is 0.392. The van der Waals surface area contributed by atoms with E-state index in [9.17, 15) is 19.5 Å². The summed E-state index contributed by atoms with van der Waals surface area (Å²) in [5, 5.41) is 16.0. The topological polar surface area (TPSA) is 111 Å². The lowest BCUT2D eigenvalue weighted by Gasteiger charge is -2.23. The van der Waals surface area contributed by atoms with Crippen molar-refractivity contribution in [1.82, 2.24) is 15.6 Å². The van der Waals surface area contributed by atoms with Gasteiger partial charge in [0.25, 0.3) is 0 Å². The molecule has 7 nitrogen and oxygen atoms in total. The molecular formula is C25H29N3O4. The predicted molar refractivity (Wildman–Crippen MR) is 123 cm³/mol. The zero-order valence-electron chi connectivity index (χ0n) is 18.3. The van der Waals surface area contributed by atoms with Crippen molar-refractivity contribution in [3.63, 3.8) is 0 Å². The Bertz CT molecular complexity index is 1070. The second kappa shape index (κ2) is 10.6. The normalized spacial score (nSPS) is 13.0. The lowest BCUT2D eigenvalue weighted by molar-refractivity contribution is -0.142. The van der Waals surface area contributed by atoms with Crippen LogP contribution in [0.1, 0.15) is 31.4 Å². The molecule has 0 fully saturated rings. The monoisotopic (exact) mass is 435 g/mol. The van der Waals surface area contributed by atoms with Crippen LogP contribution in [0.4, 0.5) is 0 Å². The van der Waals surface area contributed by atoms with E-state index in [-0.39, 0.29) is 24.7 Å². The highest BCUT2D eigenvalue weighted by atomic mass is 16.4. The SMILES string of the molecule is CC(C)C[C@H](NC(=O)Cc1ccccc1)C(=O)N[C@H](Cc1c[nH]c2ccccc12)C(=O)O. The number of hydrogen-bond acceptors (Lipinski definition) is 3. The van der Waals surface area contributed by atoms with Gasteiger partial charge in [0.2, 0.25) is 11.8 Å². The molecule has 3 aromatic rings. The number of carboxylic acids is 1. The molecule has 1 aromatic heterocycles. The Balaban J connectivity index is 1.69. The molecule has 0 aliphatic heterocycles. The number of hydrogen-bond donors (Lipinski definition) is 4. The third-order valence-electron chi connectivity index (χ3n) is 5.28. The van der Waals surface area contributed by atoms with Crippen LogP contribution in [0.3, 0.4) is 0 Å². The number of para-hydroxylation sites is 1. The molecule has 1 heterocycles. The van der Waals surface area contributed by atoms with Gasteiger partial charge in [0.15, 0.2) is 0 Å². The molecule has 168 valence electrons. The number of amides is 2. The van der Waals surface area contributed by atoms with Gasteiger partial charge in [0.05, 0.1) is 6.42 Å². The van der Waals surface area contributed by atoms with E-state index in [1.807, 2.05) is 68.4 Å². The van der Waals surface area contributed by atoms with E-state index in [4.69, 9.17) is 0 Å². The number of H-pyrrole nitrogens is 1. The number of carbonyl (C=O) groups is 3. The number of fused-ring (bicyclic) bond motifs is 1. The zero-order chi connectivity index (χ0) is 23.1. The number of rotatable bonds is 10. The van der Waals surface area contributed by atoms with Gasteiger partial charge >= 0.3 is 5.97 Å². The first-order chi connectivity index (χ1) is 15.3. The Labute approximate surface area is 187 Å². The number of benzene rings is 2. The van der Waals surface area contributed by atoms with E-state index in [1.54, 1.807) is 6.20 Å². The number of carbonyl (C=O) groups excluding carboxylic acids is 2. The summed E-state index contributed by atoms with van der Waals surface area (Å²) < 4.78 is 0. The van der Waals surface area contributed by atoms with E-state index in [1.165, 1.54) is 0 Å². The summed E-state index contributed by atoms with van der Waals surface area (Å²) in [5.74, 6) is -1.75. The Morgan fingerprint density at radius 2 is 1.62 bits per heavy atom. The third kappa shape index (κ3) is 6.20. The fraction of sp³-hybridized carbons (Fsp3) is 0.320. The minimum atomic E-state index is -1.12. The van der Waals surface area contributed by atoms with E-state index >= 15 is 0 Å². The van der Waals surface area contributed by atoms with E-state index in [0.29, 0.717) is 6.42 Å². The summed E-state index contributed by atoms with van der Waals surface area (Å²) in [6.45, 7) is 3.90. The summed E-state index contributed by atoms with van der Waals surface area (Å²) in [6, 6.07) is 14.9. The summed E-state index contributed by atoms with van der Waals surface area (Å²) in [5.41, 5.74) is 2.56. The van der Waals surface area contributed by atoms with Crippen LogP contribution in [0.25, 0.3) is 10.9 Å². The van der Waals surface area contributed by atoms with Gasteiger partial charge in [-0.1, -0.05) is 62.4 Å². The number of aromatic amines is 1. The first-order valence-corrected chi connectivity index (χ1v) is 10.7. The molecule has 0 aliphatic rings. The van der Waals surface area contributed by atoms with E-state index < -0.39 is 24.0 Å². The minimum absolute atomic E-state index is 0.136. The maximum absolute atomic E-state index is 13.0. The van der Waals surface area contributed by atoms with Crippen LogP contribution in [0, 0.1) is 5.92 Å². The molecule has 3 rings (SSSR count). The first-order valence-electron chi connectivity index (χ1n) is 10.7. The van der Waals surface area contributed by atoms with Gasteiger partial charge in [-0.15, -0.1) is 0 Å². The van der Waals surface area contributed by atoms with Crippen LogP contribution in [0.5, 0.6) is 0 Å². The van der Waals surface area contributed by atoms with Gasteiger partial charge in [0.1, 0.15) is 12.1 Å². The number of aromatic nitrogens is 1. The van der Waals surface area contributed by atoms with Gasteiger partial charge in [-0.3, -0.25) is 9.59 Å². The molecule has 0 radical (unpaired) electrons. The highest BCUT2D eigenvalue weighted by Gasteiger charge is 2.28. The highest BCUT2D eigenvalue weighted by molar-refractivity contribution is 5.91. The minimum Gasteiger partial charge on any atom is -0.480 e. The predicted octanol–water partition coefficient (Wildman–Crippen LogP) is 3.05. The van der Waals surface area contributed by atoms with Gasteiger partial charge in [-0.05, 0) is 29.5 Å². The average Bonchev–Trinajstić information content (AvgIpc) is 3.16. The van der Waals surface area contributed by atoms with Crippen molar-refractivity contribution in [1.29, 1.82) is 0 Å². The molecule has 0 bridgehead atoms. The third-order valence-corrected chi connectivity index (χ3v) is 5.28. The molecule has 0 spiro atoms. The summed E-state index contributed by atoms with van der Waals surface area (Å²) in [6.07, 6.45) is 2.46. The second-order valence-corrected chi connectivity index (χ2v) is 8.38. The molecule has 0 saturated heterocycles. The molecule has 2 aromatic carbocycles. The molecule has 7 heteroatoms. The number of carboxylic acid groups (broad SMARTS) is 1. The van der Waals surface area contributed by atoms with Crippen molar-refractivity contribution < 1.29 is 19.5 Å². The maximum atomic E-state index is 13.0. The van der Waals surface area contributed by atoms with Gasteiger partial charge in [-0.2, -0.15) is 0 Å². The van der Waals surface area contributed by atoms with Gasteiger partial charge in [-0.25, -0.2) is 4.79 Å². The van der Waals surface area contributed by atoms with Crippen molar-refractivity contribution in [2.45, 2.75) is 45.2 Å². The lowest BCUT2D eigenvalue weighted by atomic mass is 10.0. The Kier molecular flexibility index (Phi) is 7.65. The van der Waals surface area contributed by atoms with Crippen LogP contribution >= 0.6 is 0 Å². The second-order valence-electron chi connectivity index (χ2n) is 8.38. The van der Waals surface area contributed by atoms with Crippen molar-refractivity contribution in [3.05, 3.63) is 71.9 Å². The lowest BCUT2D eigenvalue weighted by Crippen LogP contribution is -2.52. The smallest absolute Gasteiger partial charge is 0.326 e. The average molecular weight is 436 g/mol. The first kappa shape index (κ1) is 23.1. The molecule has 2 atom stereocenters. The van der Waals surface area contributed by atoms with Crippen LogP contribution in [0.15, 0.2) is 60.8 Å². The van der Waals surface area contributed by atoms with Crippen molar-refractivity contribution in [2.75, 3.05) is 0 Å². The molecule has 0 unspecified atom stereocenters. The Morgan fingerprint density at radius 1 is 0.938 bits per heavy atom. The van der Waals surface area contributed by atoms with Crippen LogP contribution < -0.4 is 10.6 Å². The molecular weight excluding hydrogens is 406 g/mol.